The van der Waals surface area contributed by atoms with Gasteiger partial charge in [0.05, 0.1) is 28.8 Å². The third-order valence-electron chi connectivity index (χ3n) is 5.83. The summed E-state index contributed by atoms with van der Waals surface area (Å²) < 4.78 is 12.6. The molecule has 0 saturated carbocycles. The van der Waals surface area contributed by atoms with Crippen molar-refractivity contribution in [2.75, 3.05) is 38.3 Å². The average Bonchev–Trinajstić information content (AvgIpc) is 3.39. The molecule has 0 aliphatic carbocycles. The zero-order valence-electron chi connectivity index (χ0n) is 18.9. The van der Waals surface area contributed by atoms with Gasteiger partial charge in [0, 0.05) is 49.3 Å². The normalized spacial score (nSPS) is 14.4. The van der Waals surface area contributed by atoms with Crippen LogP contribution in [0.25, 0.3) is 0 Å². The first-order valence-corrected chi connectivity index (χ1v) is 10.7. The van der Waals surface area contributed by atoms with Crippen LogP contribution in [0.3, 0.4) is 0 Å². The van der Waals surface area contributed by atoms with Gasteiger partial charge in [-0.05, 0) is 45.7 Å². The number of aromatic nitrogens is 1. The van der Waals surface area contributed by atoms with E-state index in [0.717, 1.165) is 37.3 Å². The first kappa shape index (κ1) is 23.5. The summed E-state index contributed by atoms with van der Waals surface area (Å²) in [5.41, 5.74) is 2.68. The largest absolute Gasteiger partial charge is 0.454 e. The summed E-state index contributed by atoms with van der Waals surface area (Å²) in [5.74, 6) is -1.07. The Morgan fingerprint density at radius 2 is 1.84 bits per heavy atom. The number of hydrogen-bond acceptors (Lipinski definition) is 7. The fourth-order valence-corrected chi connectivity index (χ4v) is 4.37. The lowest BCUT2D eigenvalue weighted by Crippen LogP contribution is -2.22. The van der Waals surface area contributed by atoms with Crippen molar-refractivity contribution in [3.05, 3.63) is 56.9 Å². The van der Waals surface area contributed by atoms with E-state index in [9.17, 15) is 19.7 Å². The number of rotatable bonds is 9. The molecule has 1 aliphatic rings. The number of carbonyl (C=O) groups is 2. The lowest BCUT2D eigenvalue weighted by Gasteiger charge is -2.20. The lowest BCUT2D eigenvalue weighted by molar-refractivity contribution is -0.384. The van der Waals surface area contributed by atoms with Crippen LogP contribution in [0.2, 0.25) is 0 Å². The molecule has 0 radical (unpaired) electrons. The minimum atomic E-state index is -0.745. The second-order valence-corrected chi connectivity index (χ2v) is 8.11. The van der Waals surface area contributed by atoms with Crippen molar-refractivity contribution in [2.45, 2.75) is 39.7 Å². The average molecular weight is 444 g/mol. The van der Waals surface area contributed by atoms with Gasteiger partial charge >= 0.3 is 5.97 Å². The van der Waals surface area contributed by atoms with Gasteiger partial charge in [-0.1, -0.05) is 0 Å². The Hall–Kier alpha value is -3.20. The molecule has 1 aliphatic heterocycles. The van der Waals surface area contributed by atoms with E-state index in [4.69, 9.17) is 9.47 Å². The van der Waals surface area contributed by atoms with Crippen molar-refractivity contribution in [1.29, 1.82) is 0 Å². The Labute approximate surface area is 187 Å². The minimum Gasteiger partial charge on any atom is -0.454 e. The third-order valence-corrected chi connectivity index (χ3v) is 5.83. The minimum absolute atomic E-state index is 0.0528. The molecule has 3 rings (SSSR count). The molecule has 32 heavy (non-hydrogen) atoms. The number of nitrogens with zero attached hydrogens (tertiary/aromatic N) is 3. The number of ether oxygens (including phenoxy) is 2. The van der Waals surface area contributed by atoms with E-state index in [1.165, 1.54) is 12.1 Å². The molecule has 0 bridgehead atoms. The first-order chi connectivity index (χ1) is 15.2. The van der Waals surface area contributed by atoms with Gasteiger partial charge in [-0.15, -0.1) is 0 Å². The lowest BCUT2D eigenvalue weighted by atomic mass is 10.1. The Morgan fingerprint density at radius 3 is 2.47 bits per heavy atom. The molecule has 9 nitrogen and oxygen atoms in total. The van der Waals surface area contributed by atoms with Crippen LogP contribution >= 0.6 is 0 Å². The number of non-ortho nitro benzene ring substituents is 1. The third kappa shape index (κ3) is 4.83. The molecule has 1 fully saturated rings. The molecule has 1 atom stereocenters. The fraction of sp³-hybridized carbons (Fsp3) is 0.478. The van der Waals surface area contributed by atoms with Gasteiger partial charge < -0.3 is 18.9 Å². The van der Waals surface area contributed by atoms with Crippen molar-refractivity contribution < 1.29 is 24.0 Å². The van der Waals surface area contributed by atoms with E-state index >= 15 is 0 Å². The molecule has 0 amide bonds. The van der Waals surface area contributed by atoms with E-state index in [-0.39, 0.29) is 23.1 Å². The monoisotopic (exact) mass is 443 g/mol. The molecular formula is C23H29N3O6. The number of nitro groups is 1. The maximum atomic E-state index is 12.8. The van der Waals surface area contributed by atoms with E-state index in [1.54, 1.807) is 19.2 Å². The number of methoxy groups -OCH3 is 1. The molecule has 1 unspecified atom stereocenters. The van der Waals surface area contributed by atoms with Gasteiger partial charge in [-0.2, -0.15) is 0 Å². The number of aryl methyl sites for hydroxylation is 1. The molecule has 1 saturated heterocycles. The van der Waals surface area contributed by atoms with Gasteiger partial charge in [-0.3, -0.25) is 14.9 Å². The molecule has 172 valence electrons. The SMILES string of the molecule is COCC(C)n1c(C)cc(C(=O)COC(=O)c2cc([N+](=O)[O-])ccc2N2CCCC2)c1C. The number of esters is 1. The number of carbonyl (C=O) groups excluding carboxylic acids is 2. The van der Waals surface area contributed by atoms with Crippen LogP contribution < -0.4 is 4.90 Å². The Bertz CT molecular complexity index is 1020. The highest BCUT2D eigenvalue weighted by Gasteiger charge is 2.25. The van der Waals surface area contributed by atoms with Crippen molar-refractivity contribution in [1.82, 2.24) is 4.57 Å². The van der Waals surface area contributed by atoms with E-state index < -0.39 is 17.5 Å². The smallest absolute Gasteiger partial charge is 0.340 e. The summed E-state index contributed by atoms with van der Waals surface area (Å²) in [7, 11) is 1.63. The van der Waals surface area contributed by atoms with Crippen LogP contribution in [0.1, 0.15) is 57.9 Å². The van der Waals surface area contributed by atoms with Crippen LogP contribution in [-0.2, 0) is 9.47 Å². The van der Waals surface area contributed by atoms with Crippen molar-refractivity contribution in [3.8, 4) is 0 Å². The Kier molecular flexibility index (Phi) is 7.29. The predicted molar refractivity (Wildman–Crippen MR) is 120 cm³/mol. The van der Waals surface area contributed by atoms with Gasteiger partial charge in [-0.25, -0.2) is 4.79 Å². The molecule has 9 heteroatoms. The van der Waals surface area contributed by atoms with Crippen LogP contribution in [0.5, 0.6) is 0 Å². The topological polar surface area (TPSA) is 104 Å². The molecular weight excluding hydrogens is 414 g/mol. The molecule has 0 N–H and O–H groups in total. The van der Waals surface area contributed by atoms with Gasteiger partial charge in [0.2, 0.25) is 5.78 Å². The van der Waals surface area contributed by atoms with Gasteiger partial charge in [0.25, 0.3) is 5.69 Å². The highest BCUT2D eigenvalue weighted by Crippen LogP contribution is 2.29. The van der Waals surface area contributed by atoms with Crippen LogP contribution in [-0.4, -0.2) is 54.7 Å². The predicted octanol–water partition coefficient (Wildman–Crippen LogP) is 3.86. The summed E-state index contributed by atoms with van der Waals surface area (Å²) in [6.07, 6.45) is 1.97. The molecule has 2 heterocycles. The van der Waals surface area contributed by atoms with E-state index in [0.29, 0.717) is 17.9 Å². The van der Waals surface area contributed by atoms with Gasteiger partial charge in [0.1, 0.15) is 0 Å². The molecule has 1 aromatic heterocycles. The van der Waals surface area contributed by atoms with E-state index in [1.807, 2.05) is 30.2 Å². The van der Waals surface area contributed by atoms with Crippen molar-refractivity contribution >= 4 is 23.1 Å². The standard InChI is InChI=1S/C23H29N3O6/c1-15-11-19(17(3)25(15)16(2)13-31-4)22(27)14-32-23(28)20-12-18(26(29)30)7-8-21(20)24-9-5-6-10-24/h7-8,11-12,16H,5-6,9-10,13-14H2,1-4H3. The number of anilines is 1. The number of benzene rings is 1. The second kappa shape index (κ2) is 9.95. The highest BCUT2D eigenvalue weighted by atomic mass is 16.6. The zero-order chi connectivity index (χ0) is 23.4. The van der Waals surface area contributed by atoms with Gasteiger partial charge in [0.15, 0.2) is 6.61 Å². The van der Waals surface area contributed by atoms with Crippen LogP contribution in [0, 0.1) is 24.0 Å². The quantitative estimate of drug-likeness (QED) is 0.251. The first-order valence-electron chi connectivity index (χ1n) is 10.7. The molecule has 0 spiro atoms. The summed E-state index contributed by atoms with van der Waals surface area (Å²) >= 11 is 0. The number of hydrogen-bond donors (Lipinski definition) is 0. The number of nitro benzene ring substituents is 1. The maximum absolute atomic E-state index is 12.8. The molecule has 2 aromatic rings. The second-order valence-electron chi connectivity index (χ2n) is 8.11. The summed E-state index contributed by atoms with van der Waals surface area (Å²) in [4.78, 5) is 38.3. The fourth-order valence-electron chi connectivity index (χ4n) is 4.37. The highest BCUT2D eigenvalue weighted by molar-refractivity contribution is 6.02. The molecule has 1 aromatic carbocycles. The van der Waals surface area contributed by atoms with Crippen LogP contribution in [0.4, 0.5) is 11.4 Å². The van der Waals surface area contributed by atoms with Crippen molar-refractivity contribution in [3.63, 3.8) is 0 Å². The van der Waals surface area contributed by atoms with Crippen molar-refractivity contribution in [2.24, 2.45) is 0 Å². The number of ketones is 1. The summed E-state index contributed by atoms with van der Waals surface area (Å²) in [5, 5.41) is 11.2. The summed E-state index contributed by atoms with van der Waals surface area (Å²) in [6.45, 7) is 7.36. The summed E-state index contributed by atoms with van der Waals surface area (Å²) in [6, 6.07) is 6.01. The van der Waals surface area contributed by atoms with E-state index in [2.05, 4.69) is 0 Å². The Balaban J connectivity index is 1.78. The number of Topliss-reactive ketones (excluding diaryl/α,β-unsaturated/α-hetero) is 1. The zero-order valence-corrected chi connectivity index (χ0v) is 18.9. The Morgan fingerprint density at radius 1 is 1.16 bits per heavy atom. The maximum Gasteiger partial charge on any atom is 0.340 e. The van der Waals surface area contributed by atoms with Crippen LogP contribution in [0.15, 0.2) is 24.3 Å².